The van der Waals surface area contributed by atoms with Gasteiger partial charge in [0.15, 0.2) is 0 Å². The van der Waals surface area contributed by atoms with Crippen molar-refractivity contribution in [3.63, 3.8) is 0 Å². The molecule has 2 fully saturated rings. The average Bonchev–Trinajstić information content (AvgIpc) is 3.04. The molecule has 0 spiro atoms. The van der Waals surface area contributed by atoms with Crippen molar-refractivity contribution in [2.24, 2.45) is 0 Å². The minimum atomic E-state index is 0.707. The monoisotopic (exact) mass is 222 g/mol. The second-order valence-electron chi connectivity index (χ2n) is 4.91. The summed E-state index contributed by atoms with van der Waals surface area (Å²) in [4.78, 5) is 4.79. The maximum Gasteiger partial charge on any atom is 0.110 e. The van der Waals surface area contributed by atoms with Crippen molar-refractivity contribution in [2.75, 3.05) is 5.73 Å². The van der Waals surface area contributed by atoms with Gasteiger partial charge in [-0.15, -0.1) is 11.3 Å². The SMILES string of the molecule is Nc1sc(C2CCCCC2)nc1C1CC1. The number of nitrogens with zero attached hydrogens (tertiary/aromatic N) is 1. The number of aromatic nitrogens is 1. The third-order valence-corrected chi connectivity index (χ3v) is 4.68. The van der Waals surface area contributed by atoms with E-state index in [-0.39, 0.29) is 0 Å². The molecule has 1 aromatic rings. The maximum atomic E-state index is 6.04. The molecule has 0 saturated heterocycles. The molecule has 1 aromatic heterocycles. The predicted molar refractivity (Wildman–Crippen MR) is 64.3 cm³/mol. The summed E-state index contributed by atoms with van der Waals surface area (Å²) in [5.41, 5.74) is 7.27. The largest absolute Gasteiger partial charge is 0.389 e. The Labute approximate surface area is 94.9 Å². The van der Waals surface area contributed by atoms with E-state index in [0.29, 0.717) is 5.92 Å². The Morgan fingerprint density at radius 3 is 2.40 bits per heavy atom. The van der Waals surface area contributed by atoms with Crippen LogP contribution in [-0.2, 0) is 0 Å². The third-order valence-electron chi connectivity index (χ3n) is 3.62. The highest BCUT2D eigenvalue weighted by Crippen LogP contribution is 2.46. The zero-order chi connectivity index (χ0) is 10.3. The van der Waals surface area contributed by atoms with Gasteiger partial charge in [-0.25, -0.2) is 4.98 Å². The van der Waals surface area contributed by atoms with Gasteiger partial charge in [-0.3, -0.25) is 0 Å². The Balaban J connectivity index is 1.81. The first kappa shape index (κ1) is 9.64. The predicted octanol–water partition coefficient (Wildman–Crippen LogP) is 3.65. The van der Waals surface area contributed by atoms with Gasteiger partial charge in [0.1, 0.15) is 5.00 Å². The molecule has 0 bridgehead atoms. The van der Waals surface area contributed by atoms with Crippen molar-refractivity contribution in [1.29, 1.82) is 0 Å². The minimum Gasteiger partial charge on any atom is -0.389 e. The number of hydrogen-bond acceptors (Lipinski definition) is 3. The Morgan fingerprint density at radius 2 is 1.73 bits per heavy atom. The van der Waals surface area contributed by atoms with E-state index < -0.39 is 0 Å². The van der Waals surface area contributed by atoms with Gasteiger partial charge in [0.05, 0.1) is 10.7 Å². The number of rotatable bonds is 2. The van der Waals surface area contributed by atoms with Crippen molar-refractivity contribution in [1.82, 2.24) is 4.98 Å². The van der Waals surface area contributed by atoms with E-state index in [9.17, 15) is 0 Å². The molecule has 2 aliphatic carbocycles. The second-order valence-corrected chi connectivity index (χ2v) is 5.97. The number of nitrogens with two attached hydrogens (primary N) is 1. The maximum absolute atomic E-state index is 6.04. The molecule has 0 aliphatic heterocycles. The fourth-order valence-corrected chi connectivity index (χ4v) is 3.62. The molecular formula is C12H18N2S. The van der Waals surface area contributed by atoms with Gasteiger partial charge in [0, 0.05) is 11.8 Å². The lowest BCUT2D eigenvalue weighted by Gasteiger charge is -2.18. The van der Waals surface area contributed by atoms with E-state index in [2.05, 4.69) is 0 Å². The van der Waals surface area contributed by atoms with Crippen molar-refractivity contribution >= 4 is 16.3 Å². The number of hydrogen-bond donors (Lipinski definition) is 1. The average molecular weight is 222 g/mol. The van der Waals surface area contributed by atoms with E-state index in [1.807, 2.05) is 0 Å². The van der Waals surface area contributed by atoms with Crippen LogP contribution in [0.25, 0.3) is 0 Å². The van der Waals surface area contributed by atoms with Crippen LogP contribution in [0.3, 0.4) is 0 Å². The topological polar surface area (TPSA) is 38.9 Å². The van der Waals surface area contributed by atoms with E-state index in [0.717, 1.165) is 10.9 Å². The lowest BCUT2D eigenvalue weighted by atomic mass is 9.90. The summed E-state index contributed by atoms with van der Waals surface area (Å²) in [6, 6.07) is 0. The summed E-state index contributed by atoms with van der Waals surface area (Å²) >= 11 is 1.76. The van der Waals surface area contributed by atoms with E-state index in [4.69, 9.17) is 10.7 Å². The fourth-order valence-electron chi connectivity index (χ4n) is 2.53. The Hall–Kier alpha value is -0.570. The Morgan fingerprint density at radius 1 is 1.00 bits per heavy atom. The van der Waals surface area contributed by atoms with Crippen molar-refractivity contribution in [3.05, 3.63) is 10.7 Å². The Bertz CT molecular complexity index is 349. The highest BCUT2D eigenvalue weighted by atomic mass is 32.1. The van der Waals surface area contributed by atoms with E-state index in [1.54, 1.807) is 11.3 Å². The first-order valence-electron chi connectivity index (χ1n) is 6.10. The molecule has 2 nitrogen and oxygen atoms in total. The van der Waals surface area contributed by atoms with Gasteiger partial charge >= 0.3 is 0 Å². The normalized spacial score (nSPS) is 23.2. The summed E-state index contributed by atoms with van der Waals surface area (Å²) < 4.78 is 0. The summed E-state index contributed by atoms with van der Waals surface area (Å²) in [5, 5.41) is 2.33. The standard InChI is InChI=1S/C12H18N2S/c13-11-10(8-6-7-8)14-12(15-11)9-4-2-1-3-5-9/h8-9H,1-7,13H2. The first-order valence-corrected chi connectivity index (χ1v) is 6.92. The van der Waals surface area contributed by atoms with Gasteiger partial charge in [-0.05, 0) is 25.7 Å². The number of nitrogen functional groups attached to an aromatic ring is 1. The summed E-state index contributed by atoms with van der Waals surface area (Å²) in [6.45, 7) is 0. The molecule has 2 saturated carbocycles. The lowest BCUT2D eigenvalue weighted by Crippen LogP contribution is -2.04. The van der Waals surface area contributed by atoms with Gasteiger partial charge in [0.2, 0.25) is 0 Å². The molecule has 3 heteroatoms. The van der Waals surface area contributed by atoms with Crippen LogP contribution in [0.5, 0.6) is 0 Å². The molecule has 3 rings (SSSR count). The van der Waals surface area contributed by atoms with Crippen LogP contribution in [0.15, 0.2) is 0 Å². The highest BCUT2D eigenvalue weighted by molar-refractivity contribution is 7.15. The van der Waals surface area contributed by atoms with Crippen LogP contribution in [0, 0.1) is 0 Å². The molecule has 0 atom stereocenters. The van der Waals surface area contributed by atoms with Gasteiger partial charge in [-0.1, -0.05) is 19.3 Å². The van der Waals surface area contributed by atoms with E-state index in [1.165, 1.54) is 55.6 Å². The first-order chi connectivity index (χ1) is 7.34. The lowest BCUT2D eigenvalue weighted by molar-refractivity contribution is 0.442. The highest BCUT2D eigenvalue weighted by Gasteiger charge is 2.30. The van der Waals surface area contributed by atoms with Crippen LogP contribution in [0.2, 0.25) is 0 Å². The smallest absolute Gasteiger partial charge is 0.110 e. The van der Waals surface area contributed by atoms with Crippen molar-refractivity contribution in [3.8, 4) is 0 Å². The number of thiazole rings is 1. The molecule has 0 aromatic carbocycles. The minimum absolute atomic E-state index is 0.707. The molecule has 15 heavy (non-hydrogen) atoms. The van der Waals surface area contributed by atoms with Crippen LogP contribution in [0.4, 0.5) is 5.00 Å². The molecule has 0 unspecified atom stereocenters. The fraction of sp³-hybridized carbons (Fsp3) is 0.750. The number of anilines is 1. The molecule has 2 N–H and O–H groups in total. The molecule has 1 heterocycles. The van der Waals surface area contributed by atoms with Crippen LogP contribution < -0.4 is 5.73 Å². The summed E-state index contributed by atoms with van der Waals surface area (Å²) in [7, 11) is 0. The van der Waals surface area contributed by atoms with Crippen molar-refractivity contribution in [2.45, 2.75) is 56.8 Å². The zero-order valence-corrected chi connectivity index (χ0v) is 9.85. The van der Waals surface area contributed by atoms with Crippen LogP contribution >= 0.6 is 11.3 Å². The summed E-state index contributed by atoms with van der Waals surface area (Å²) in [5.74, 6) is 1.43. The van der Waals surface area contributed by atoms with E-state index >= 15 is 0 Å². The third kappa shape index (κ3) is 1.89. The zero-order valence-electron chi connectivity index (χ0n) is 9.04. The van der Waals surface area contributed by atoms with Gasteiger partial charge < -0.3 is 5.73 Å². The quantitative estimate of drug-likeness (QED) is 0.829. The van der Waals surface area contributed by atoms with Crippen molar-refractivity contribution < 1.29 is 0 Å². The summed E-state index contributed by atoms with van der Waals surface area (Å²) in [6.07, 6.45) is 9.43. The van der Waals surface area contributed by atoms with Gasteiger partial charge in [-0.2, -0.15) is 0 Å². The molecule has 82 valence electrons. The second kappa shape index (κ2) is 3.78. The Kier molecular flexibility index (Phi) is 2.43. The molecule has 2 aliphatic rings. The van der Waals surface area contributed by atoms with Crippen LogP contribution in [0.1, 0.15) is 67.5 Å². The molecule has 0 amide bonds. The molecular weight excluding hydrogens is 204 g/mol. The van der Waals surface area contributed by atoms with Gasteiger partial charge in [0.25, 0.3) is 0 Å². The van der Waals surface area contributed by atoms with Crippen LogP contribution in [-0.4, -0.2) is 4.98 Å². The molecule has 0 radical (unpaired) electrons.